The van der Waals surface area contributed by atoms with Crippen LogP contribution in [0.3, 0.4) is 0 Å². The summed E-state index contributed by atoms with van der Waals surface area (Å²) in [5, 5.41) is 3.59. The van der Waals surface area contributed by atoms with E-state index in [-0.39, 0.29) is 24.5 Å². The Bertz CT molecular complexity index is 732. The molecule has 2 aromatic rings. The standard InChI is InChI=1S/C17H15Cl2NO3/c1-23-16-7-5-13(10-14(16)19)20-17(22)8-6-15(21)11-3-2-4-12(18)9-11/h2-5,7,9-10H,6,8H2,1H3,(H,20,22). The molecule has 23 heavy (non-hydrogen) atoms. The van der Waals surface area contributed by atoms with Crippen molar-refractivity contribution in [2.75, 3.05) is 12.4 Å². The number of methoxy groups -OCH3 is 1. The third-order valence-electron chi connectivity index (χ3n) is 3.16. The van der Waals surface area contributed by atoms with Crippen molar-refractivity contribution in [1.82, 2.24) is 0 Å². The first-order chi connectivity index (χ1) is 11.0. The molecular formula is C17H15Cl2NO3. The summed E-state index contributed by atoms with van der Waals surface area (Å²) >= 11 is 11.8. The summed E-state index contributed by atoms with van der Waals surface area (Å²) in [5.41, 5.74) is 1.05. The average molecular weight is 352 g/mol. The number of amides is 1. The summed E-state index contributed by atoms with van der Waals surface area (Å²) in [6, 6.07) is 11.6. The molecule has 0 atom stereocenters. The topological polar surface area (TPSA) is 55.4 Å². The molecule has 0 fully saturated rings. The van der Waals surface area contributed by atoms with E-state index in [1.165, 1.54) is 7.11 Å². The first-order valence-corrected chi connectivity index (χ1v) is 7.67. The molecule has 0 aliphatic heterocycles. The van der Waals surface area contributed by atoms with Crippen molar-refractivity contribution in [3.8, 4) is 5.75 Å². The van der Waals surface area contributed by atoms with Crippen LogP contribution in [0.1, 0.15) is 23.2 Å². The molecule has 0 aliphatic carbocycles. The van der Waals surface area contributed by atoms with Gasteiger partial charge in [-0.05, 0) is 30.3 Å². The van der Waals surface area contributed by atoms with Crippen LogP contribution in [0.25, 0.3) is 0 Å². The fourth-order valence-electron chi connectivity index (χ4n) is 2.00. The first kappa shape index (κ1) is 17.3. The Labute approximate surface area is 144 Å². The summed E-state index contributed by atoms with van der Waals surface area (Å²) in [6.45, 7) is 0. The van der Waals surface area contributed by atoms with Gasteiger partial charge in [0.05, 0.1) is 12.1 Å². The number of rotatable bonds is 6. The highest BCUT2D eigenvalue weighted by Crippen LogP contribution is 2.27. The lowest BCUT2D eigenvalue weighted by Crippen LogP contribution is -2.13. The second kappa shape index (κ2) is 7.99. The monoisotopic (exact) mass is 351 g/mol. The number of benzene rings is 2. The third-order valence-corrected chi connectivity index (χ3v) is 3.69. The molecule has 4 nitrogen and oxygen atoms in total. The van der Waals surface area contributed by atoms with Crippen molar-refractivity contribution in [3.63, 3.8) is 0 Å². The van der Waals surface area contributed by atoms with E-state index >= 15 is 0 Å². The van der Waals surface area contributed by atoms with Gasteiger partial charge in [-0.3, -0.25) is 9.59 Å². The Morgan fingerprint density at radius 3 is 2.52 bits per heavy atom. The summed E-state index contributed by atoms with van der Waals surface area (Å²) in [6.07, 6.45) is 0.186. The van der Waals surface area contributed by atoms with Gasteiger partial charge in [-0.25, -0.2) is 0 Å². The smallest absolute Gasteiger partial charge is 0.224 e. The van der Waals surface area contributed by atoms with Crippen LogP contribution in [0, 0.1) is 0 Å². The maximum atomic E-state index is 12.0. The lowest BCUT2D eigenvalue weighted by molar-refractivity contribution is -0.116. The van der Waals surface area contributed by atoms with Gasteiger partial charge in [0.2, 0.25) is 5.91 Å². The predicted octanol–water partition coefficient (Wildman–Crippen LogP) is 4.60. The Morgan fingerprint density at radius 1 is 1.09 bits per heavy atom. The van der Waals surface area contributed by atoms with Crippen LogP contribution in [0.4, 0.5) is 5.69 Å². The molecule has 0 unspecified atom stereocenters. The molecular weight excluding hydrogens is 337 g/mol. The Morgan fingerprint density at radius 2 is 1.87 bits per heavy atom. The number of carbonyl (C=O) groups excluding carboxylic acids is 2. The molecule has 0 spiro atoms. The van der Waals surface area contributed by atoms with Gasteiger partial charge >= 0.3 is 0 Å². The highest BCUT2D eigenvalue weighted by atomic mass is 35.5. The molecule has 1 N–H and O–H groups in total. The number of Topliss-reactive ketones (excluding diaryl/α,β-unsaturated/α-hetero) is 1. The van der Waals surface area contributed by atoms with Crippen molar-refractivity contribution in [3.05, 3.63) is 58.1 Å². The van der Waals surface area contributed by atoms with Gasteiger partial charge in [-0.2, -0.15) is 0 Å². The van der Waals surface area contributed by atoms with Gasteiger partial charge < -0.3 is 10.1 Å². The van der Waals surface area contributed by atoms with Crippen LogP contribution in [0.15, 0.2) is 42.5 Å². The largest absolute Gasteiger partial charge is 0.495 e. The zero-order valence-corrected chi connectivity index (χ0v) is 13.9. The van der Waals surface area contributed by atoms with Gasteiger partial charge in [0.1, 0.15) is 5.75 Å². The number of carbonyl (C=O) groups is 2. The molecule has 0 aromatic heterocycles. The fourth-order valence-corrected chi connectivity index (χ4v) is 2.45. The normalized spacial score (nSPS) is 10.2. The van der Waals surface area contributed by atoms with E-state index < -0.39 is 0 Å². The molecule has 0 heterocycles. The van der Waals surface area contributed by atoms with Gasteiger partial charge in [-0.1, -0.05) is 35.3 Å². The minimum atomic E-state index is -0.262. The number of ketones is 1. The van der Waals surface area contributed by atoms with E-state index in [9.17, 15) is 9.59 Å². The third kappa shape index (κ3) is 4.98. The van der Waals surface area contributed by atoms with Gasteiger partial charge in [0.15, 0.2) is 5.78 Å². The second-order valence-corrected chi connectivity index (χ2v) is 5.67. The van der Waals surface area contributed by atoms with Crippen LogP contribution in [-0.2, 0) is 4.79 Å². The van der Waals surface area contributed by atoms with Crippen LogP contribution >= 0.6 is 23.2 Å². The van der Waals surface area contributed by atoms with Gasteiger partial charge in [0, 0.05) is 29.1 Å². The van der Waals surface area contributed by atoms with E-state index in [1.54, 1.807) is 42.5 Å². The molecule has 120 valence electrons. The number of nitrogens with one attached hydrogen (secondary N) is 1. The van der Waals surface area contributed by atoms with Crippen molar-refractivity contribution in [1.29, 1.82) is 0 Å². The first-order valence-electron chi connectivity index (χ1n) is 6.92. The minimum Gasteiger partial charge on any atom is -0.495 e. The van der Waals surface area contributed by atoms with Crippen molar-refractivity contribution in [2.24, 2.45) is 0 Å². The molecule has 0 aliphatic rings. The van der Waals surface area contributed by atoms with Crippen LogP contribution in [0.2, 0.25) is 10.0 Å². The fraction of sp³-hybridized carbons (Fsp3) is 0.176. The molecule has 2 rings (SSSR count). The van der Waals surface area contributed by atoms with Crippen molar-refractivity contribution >= 4 is 40.6 Å². The quantitative estimate of drug-likeness (QED) is 0.773. The molecule has 6 heteroatoms. The summed E-state index contributed by atoms with van der Waals surface area (Å²) < 4.78 is 5.04. The predicted molar refractivity (Wildman–Crippen MR) is 91.7 cm³/mol. The highest BCUT2D eigenvalue weighted by molar-refractivity contribution is 6.32. The Balaban J connectivity index is 1.90. The van der Waals surface area contributed by atoms with Crippen LogP contribution < -0.4 is 10.1 Å². The SMILES string of the molecule is COc1ccc(NC(=O)CCC(=O)c2cccc(Cl)c2)cc1Cl. The Hall–Kier alpha value is -2.04. The molecule has 0 saturated heterocycles. The summed E-state index contributed by atoms with van der Waals surface area (Å²) in [5.74, 6) is 0.137. The molecule has 0 bridgehead atoms. The maximum Gasteiger partial charge on any atom is 0.224 e. The van der Waals surface area contributed by atoms with Crippen molar-refractivity contribution < 1.29 is 14.3 Å². The number of hydrogen-bond acceptors (Lipinski definition) is 3. The lowest BCUT2D eigenvalue weighted by Gasteiger charge is -2.08. The van der Waals surface area contributed by atoms with Gasteiger partial charge in [-0.15, -0.1) is 0 Å². The van der Waals surface area contributed by atoms with E-state index in [0.717, 1.165) is 0 Å². The molecule has 2 aromatic carbocycles. The Kier molecular flexibility index (Phi) is 6.02. The second-order valence-electron chi connectivity index (χ2n) is 4.83. The zero-order valence-electron chi connectivity index (χ0n) is 12.4. The molecule has 0 saturated carbocycles. The summed E-state index contributed by atoms with van der Waals surface area (Å²) in [4.78, 5) is 23.9. The van der Waals surface area contributed by atoms with E-state index in [0.29, 0.717) is 27.0 Å². The number of hydrogen-bond donors (Lipinski definition) is 1. The maximum absolute atomic E-state index is 12.0. The number of ether oxygens (including phenoxy) is 1. The number of halogens is 2. The average Bonchev–Trinajstić information content (AvgIpc) is 2.53. The van der Waals surface area contributed by atoms with Crippen LogP contribution in [0.5, 0.6) is 5.75 Å². The zero-order chi connectivity index (χ0) is 16.8. The van der Waals surface area contributed by atoms with Crippen LogP contribution in [-0.4, -0.2) is 18.8 Å². The van der Waals surface area contributed by atoms with E-state index in [2.05, 4.69) is 5.32 Å². The lowest BCUT2D eigenvalue weighted by atomic mass is 10.1. The minimum absolute atomic E-state index is 0.0784. The summed E-state index contributed by atoms with van der Waals surface area (Å²) in [7, 11) is 1.51. The van der Waals surface area contributed by atoms with E-state index in [4.69, 9.17) is 27.9 Å². The van der Waals surface area contributed by atoms with E-state index in [1.807, 2.05) is 0 Å². The van der Waals surface area contributed by atoms with Crippen molar-refractivity contribution in [2.45, 2.75) is 12.8 Å². The van der Waals surface area contributed by atoms with Gasteiger partial charge in [0.25, 0.3) is 0 Å². The molecule has 1 amide bonds. The number of anilines is 1. The highest BCUT2D eigenvalue weighted by Gasteiger charge is 2.11. The molecule has 0 radical (unpaired) electrons.